The van der Waals surface area contributed by atoms with Crippen molar-refractivity contribution in [3.05, 3.63) is 33.3 Å². The van der Waals surface area contributed by atoms with Crippen LogP contribution in [0.2, 0.25) is 5.02 Å². The molecule has 0 bridgehead atoms. The average molecular weight is 361 g/mol. The molecule has 0 heterocycles. The molecule has 1 aliphatic rings. The summed E-state index contributed by atoms with van der Waals surface area (Å²) in [6.45, 7) is 0. The number of hydrogen-bond donors (Lipinski definition) is 2. The second-order valence-electron chi connectivity index (χ2n) is 5.03. The average Bonchev–Trinajstić information content (AvgIpc) is 2.42. The zero-order chi connectivity index (χ0) is 14.8. The lowest BCUT2D eigenvalue weighted by molar-refractivity contribution is -0.145. The van der Waals surface area contributed by atoms with E-state index in [1.165, 1.54) is 6.07 Å². The van der Waals surface area contributed by atoms with E-state index in [-0.39, 0.29) is 0 Å². The van der Waals surface area contributed by atoms with E-state index >= 15 is 0 Å². The van der Waals surface area contributed by atoms with Gasteiger partial charge in [-0.25, -0.2) is 4.79 Å². The van der Waals surface area contributed by atoms with Crippen molar-refractivity contribution in [2.45, 2.75) is 37.6 Å². The highest BCUT2D eigenvalue weighted by atomic mass is 79.9. The largest absolute Gasteiger partial charge is 0.480 e. The van der Waals surface area contributed by atoms with Crippen LogP contribution in [-0.2, 0) is 4.79 Å². The number of nitrogens with one attached hydrogen (secondary N) is 1. The summed E-state index contributed by atoms with van der Waals surface area (Å²) in [6.07, 6.45) is 3.58. The molecule has 1 amide bonds. The lowest BCUT2D eigenvalue weighted by atomic mass is 9.81. The highest BCUT2D eigenvalue weighted by molar-refractivity contribution is 9.10. The Morgan fingerprint density at radius 2 is 1.90 bits per heavy atom. The molecular formula is C14H15BrClNO3. The summed E-state index contributed by atoms with van der Waals surface area (Å²) in [5.41, 5.74) is -0.779. The van der Waals surface area contributed by atoms with E-state index in [2.05, 4.69) is 21.2 Å². The predicted molar refractivity (Wildman–Crippen MR) is 80.1 cm³/mol. The fraction of sp³-hybridized carbons (Fsp3) is 0.429. The molecule has 0 atom stereocenters. The Morgan fingerprint density at radius 3 is 2.45 bits per heavy atom. The van der Waals surface area contributed by atoms with Crippen LogP contribution in [0.1, 0.15) is 42.5 Å². The zero-order valence-electron chi connectivity index (χ0n) is 10.8. The first-order valence-corrected chi connectivity index (χ1v) is 7.63. The minimum absolute atomic E-state index is 0.365. The number of hydrogen-bond acceptors (Lipinski definition) is 2. The van der Waals surface area contributed by atoms with Gasteiger partial charge in [0.15, 0.2) is 0 Å². The fourth-order valence-electron chi connectivity index (χ4n) is 2.47. The molecule has 6 heteroatoms. The van der Waals surface area contributed by atoms with Gasteiger partial charge in [0.05, 0.1) is 5.02 Å². The molecule has 0 unspecified atom stereocenters. The molecule has 1 saturated carbocycles. The van der Waals surface area contributed by atoms with Gasteiger partial charge in [-0.1, -0.05) is 30.9 Å². The van der Waals surface area contributed by atoms with Crippen molar-refractivity contribution in [2.75, 3.05) is 0 Å². The molecule has 1 aliphatic carbocycles. The van der Waals surface area contributed by atoms with Crippen LogP contribution in [0.15, 0.2) is 22.7 Å². The van der Waals surface area contributed by atoms with Gasteiger partial charge in [0.2, 0.25) is 0 Å². The van der Waals surface area contributed by atoms with Crippen molar-refractivity contribution >= 4 is 39.4 Å². The minimum Gasteiger partial charge on any atom is -0.480 e. The molecule has 1 aromatic carbocycles. The maximum absolute atomic E-state index is 12.2. The Balaban J connectivity index is 2.20. The third-order valence-corrected chi connectivity index (χ3v) is 4.88. The number of carbonyl (C=O) groups is 2. The summed E-state index contributed by atoms with van der Waals surface area (Å²) in [5, 5.41) is 12.5. The summed E-state index contributed by atoms with van der Waals surface area (Å²) in [6, 6.07) is 4.81. The molecule has 108 valence electrons. The molecule has 20 heavy (non-hydrogen) atoms. The van der Waals surface area contributed by atoms with Crippen molar-refractivity contribution in [1.82, 2.24) is 5.32 Å². The lowest BCUT2D eigenvalue weighted by Crippen LogP contribution is -2.55. The van der Waals surface area contributed by atoms with Gasteiger partial charge in [-0.15, -0.1) is 0 Å². The summed E-state index contributed by atoms with van der Waals surface area (Å²) in [5.74, 6) is -1.36. The lowest BCUT2D eigenvalue weighted by Gasteiger charge is -2.34. The molecule has 0 spiro atoms. The van der Waals surface area contributed by atoms with Crippen molar-refractivity contribution in [3.63, 3.8) is 0 Å². The standard InChI is InChI=1S/C14H15BrClNO3/c15-10-5-4-9(8-11(10)16)12(18)17-14(13(19)20)6-2-1-3-7-14/h4-5,8H,1-3,6-7H2,(H,17,18)(H,19,20). The molecule has 4 nitrogen and oxygen atoms in total. The van der Waals surface area contributed by atoms with Crippen LogP contribution in [0, 0.1) is 0 Å². The van der Waals surface area contributed by atoms with E-state index in [1.807, 2.05) is 0 Å². The first-order valence-electron chi connectivity index (χ1n) is 6.45. The smallest absolute Gasteiger partial charge is 0.329 e. The molecular weight excluding hydrogens is 346 g/mol. The summed E-state index contributed by atoms with van der Waals surface area (Å²) in [4.78, 5) is 23.8. The second kappa shape index (κ2) is 6.14. The third-order valence-electron chi connectivity index (χ3n) is 3.65. The predicted octanol–water partition coefficient (Wildman–Crippen LogP) is 3.62. The highest BCUT2D eigenvalue weighted by Crippen LogP contribution is 2.29. The number of rotatable bonds is 3. The molecule has 1 aromatic rings. The topological polar surface area (TPSA) is 66.4 Å². The molecule has 0 radical (unpaired) electrons. The van der Waals surface area contributed by atoms with Crippen LogP contribution >= 0.6 is 27.5 Å². The van der Waals surface area contributed by atoms with Crippen LogP contribution in [0.25, 0.3) is 0 Å². The quantitative estimate of drug-likeness (QED) is 0.865. The molecule has 0 aromatic heterocycles. The summed E-state index contributed by atoms with van der Waals surface area (Å²) >= 11 is 9.21. The normalized spacial score (nSPS) is 17.5. The van der Waals surface area contributed by atoms with E-state index in [1.54, 1.807) is 12.1 Å². The Kier molecular flexibility index (Phi) is 4.70. The monoisotopic (exact) mass is 359 g/mol. The number of benzene rings is 1. The Labute approximate surface area is 130 Å². The van der Waals surface area contributed by atoms with Gasteiger partial charge in [-0.05, 0) is 47.0 Å². The van der Waals surface area contributed by atoms with Crippen molar-refractivity contribution < 1.29 is 14.7 Å². The van der Waals surface area contributed by atoms with Crippen molar-refractivity contribution in [1.29, 1.82) is 0 Å². The van der Waals surface area contributed by atoms with Crippen LogP contribution in [-0.4, -0.2) is 22.5 Å². The Hall–Kier alpha value is -1.07. The van der Waals surface area contributed by atoms with Gasteiger partial charge in [0.25, 0.3) is 5.91 Å². The minimum atomic E-state index is -1.14. The maximum Gasteiger partial charge on any atom is 0.329 e. The molecule has 0 aliphatic heterocycles. The Morgan fingerprint density at radius 1 is 1.25 bits per heavy atom. The van der Waals surface area contributed by atoms with Gasteiger partial charge < -0.3 is 10.4 Å². The summed E-state index contributed by atoms with van der Waals surface area (Å²) < 4.78 is 0.696. The van der Waals surface area contributed by atoms with Crippen LogP contribution in [0.5, 0.6) is 0 Å². The van der Waals surface area contributed by atoms with E-state index in [4.69, 9.17) is 11.6 Å². The Bertz CT molecular complexity index is 541. The fourth-order valence-corrected chi connectivity index (χ4v) is 2.90. The number of halogens is 2. The first kappa shape index (κ1) is 15.3. The highest BCUT2D eigenvalue weighted by Gasteiger charge is 2.41. The molecule has 2 N–H and O–H groups in total. The molecule has 2 rings (SSSR count). The second-order valence-corrected chi connectivity index (χ2v) is 6.29. The van der Waals surface area contributed by atoms with E-state index in [0.29, 0.717) is 27.9 Å². The third kappa shape index (κ3) is 3.15. The van der Waals surface area contributed by atoms with Crippen LogP contribution < -0.4 is 5.32 Å². The van der Waals surface area contributed by atoms with E-state index < -0.39 is 17.4 Å². The first-order chi connectivity index (χ1) is 9.44. The van der Waals surface area contributed by atoms with Gasteiger partial charge in [0.1, 0.15) is 5.54 Å². The van der Waals surface area contributed by atoms with E-state index in [9.17, 15) is 14.7 Å². The number of carbonyl (C=O) groups excluding carboxylic acids is 1. The zero-order valence-corrected chi connectivity index (χ0v) is 13.1. The number of carboxylic acid groups (broad SMARTS) is 1. The summed E-state index contributed by atoms with van der Waals surface area (Å²) in [7, 11) is 0. The van der Waals surface area contributed by atoms with E-state index in [0.717, 1.165) is 19.3 Å². The number of amides is 1. The SMILES string of the molecule is O=C(NC1(C(=O)O)CCCCC1)c1ccc(Br)c(Cl)c1. The van der Waals surface area contributed by atoms with Gasteiger partial charge in [0, 0.05) is 10.0 Å². The number of carboxylic acids is 1. The molecule has 1 fully saturated rings. The van der Waals surface area contributed by atoms with Crippen molar-refractivity contribution in [2.24, 2.45) is 0 Å². The van der Waals surface area contributed by atoms with Gasteiger partial charge >= 0.3 is 5.97 Å². The maximum atomic E-state index is 12.2. The number of aliphatic carboxylic acids is 1. The van der Waals surface area contributed by atoms with Crippen molar-refractivity contribution in [3.8, 4) is 0 Å². The van der Waals surface area contributed by atoms with Crippen LogP contribution in [0.3, 0.4) is 0 Å². The molecule has 0 saturated heterocycles. The van der Waals surface area contributed by atoms with Crippen LogP contribution in [0.4, 0.5) is 0 Å². The van der Waals surface area contributed by atoms with Gasteiger partial charge in [-0.2, -0.15) is 0 Å². The van der Waals surface area contributed by atoms with Gasteiger partial charge in [-0.3, -0.25) is 4.79 Å².